The Morgan fingerprint density at radius 1 is 1.00 bits per heavy atom. The molecule has 1 aliphatic heterocycles. The minimum atomic E-state index is -0.263. The topological polar surface area (TPSA) is 44.8 Å². The second-order valence-corrected chi connectivity index (χ2v) is 9.02. The fourth-order valence-electron chi connectivity index (χ4n) is 4.58. The maximum Gasteiger partial charge on any atom is 0.319 e. The molecule has 1 aliphatic rings. The number of esters is 1. The van der Waals surface area contributed by atoms with E-state index < -0.39 is 0 Å². The van der Waals surface area contributed by atoms with E-state index in [4.69, 9.17) is 4.74 Å². The number of benzene rings is 3. The molecule has 2 atom stereocenters. The van der Waals surface area contributed by atoms with Crippen molar-refractivity contribution in [3.63, 3.8) is 0 Å². The van der Waals surface area contributed by atoms with Crippen LogP contribution >= 0.6 is 15.9 Å². The molecule has 0 bridgehead atoms. The monoisotopic (exact) mass is 507 g/mol. The molecule has 5 nitrogen and oxygen atoms in total. The third kappa shape index (κ3) is 4.92. The first-order valence-electron chi connectivity index (χ1n) is 11.3. The van der Waals surface area contributed by atoms with Crippen LogP contribution in [0.4, 0.5) is 11.4 Å². The summed E-state index contributed by atoms with van der Waals surface area (Å²) in [6, 6.07) is 25.1. The number of ether oxygens (including phenoxy) is 1. The van der Waals surface area contributed by atoms with Crippen LogP contribution in [0, 0.1) is 0 Å². The fourth-order valence-corrected chi connectivity index (χ4v) is 4.96. The molecule has 33 heavy (non-hydrogen) atoms. The zero-order chi connectivity index (χ0) is 23.4. The van der Waals surface area contributed by atoms with E-state index in [0.717, 1.165) is 39.9 Å². The van der Waals surface area contributed by atoms with E-state index in [2.05, 4.69) is 93.4 Å². The predicted molar refractivity (Wildman–Crippen MR) is 138 cm³/mol. The van der Waals surface area contributed by atoms with Gasteiger partial charge in [-0.3, -0.25) is 9.69 Å². The Morgan fingerprint density at radius 2 is 1.70 bits per heavy atom. The van der Waals surface area contributed by atoms with Gasteiger partial charge in [0, 0.05) is 28.9 Å². The summed E-state index contributed by atoms with van der Waals surface area (Å²) in [4.78, 5) is 17.0. The number of carbonyl (C=O) groups excluding carboxylic acids is 1. The van der Waals surface area contributed by atoms with Gasteiger partial charge < -0.3 is 15.0 Å². The summed E-state index contributed by atoms with van der Waals surface area (Å²) in [6.07, 6.45) is -0.186. The molecule has 0 radical (unpaired) electrons. The number of rotatable bonds is 7. The minimum absolute atomic E-state index is 0.105. The number of fused-ring (bicyclic) bond motifs is 1. The predicted octanol–water partition coefficient (Wildman–Crippen LogP) is 5.98. The van der Waals surface area contributed by atoms with Crippen LogP contribution in [-0.4, -0.2) is 37.6 Å². The number of halogens is 1. The molecule has 3 aromatic rings. The van der Waals surface area contributed by atoms with E-state index in [9.17, 15) is 4.79 Å². The van der Waals surface area contributed by atoms with Gasteiger partial charge in [0.25, 0.3) is 0 Å². The van der Waals surface area contributed by atoms with Gasteiger partial charge in [-0.05, 0) is 60.9 Å². The van der Waals surface area contributed by atoms with E-state index in [1.807, 2.05) is 24.3 Å². The minimum Gasteiger partial charge on any atom is -0.468 e. The largest absolute Gasteiger partial charge is 0.468 e. The summed E-state index contributed by atoms with van der Waals surface area (Å²) < 4.78 is 6.09. The third-order valence-corrected chi connectivity index (χ3v) is 6.75. The van der Waals surface area contributed by atoms with Gasteiger partial charge in [0.2, 0.25) is 0 Å². The van der Waals surface area contributed by atoms with Crippen LogP contribution < -0.4 is 10.2 Å². The molecule has 4 rings (SSSR count). The molecule has 0 amide bonds. The van der Waals surface area contributed by atoms with Crippen molar-refractivity contribution in [3.05, 3.63) is 94.0 Å². The maximum atomic E-state index is 12.5. The van der Waals surface area contributed by atoms with Crippen molar-refractivity contribution in [1.82, 2.24) is 4.90 Å². The van der Waals surface area contributed by atoms with Crippen LogP contribution in [0.1, 0.15) is 42.7 Å². The third-order valence-electron chi connectivity index (χ3n) is 6.26. The highest BCUT2D eigenvalue weighted by Crippen LogP contribution is 2.44. The summed E-state index contributed by atoms with van der Waals surface area (Å²) in [6.45, 7) is 6.42. The van der Waals surface area contributed by atoms with Crippen molar-refractivity contribution in [2.75, 3.05) is 37.0 Å². The molecule has 1 heterocycles. The van der Waals surface area contributed by atoms with Crippen molar-refractivity contribution in [3.8, 4) is 0 Å². The summed E-state index contributed by atoms with van der Waals surface area (Å²) >= 11 is 3.63. The lowest BCUT2D eigenvalue weighted by Crippen LogP contribution is -2.44. The molecular weight excluding hydrogens is 478 g/mol. The average Bonchev–Trinajstić information content (AvgIpc) is 2.85. The van der Waals surface area contributed by atoms with Crippen LogP contribution in [0.15, 0.2) is 77.3 Å². The number of carbonyl (C=O) groups is 1. The molecule has 0 aliphatic carbocycles. The molecular formula is C27H30BrN3O2. The van der Waals surface area contributed by atoms with Gasteiger partial charge in [-0.25, -0.2) is 0 Å². The number of anilines is 2. The molecule has 172 valence electrons. The van der Waals surface area contributed by atoms with Crippen molar-refractivity contribution >= 4 is 33.3 Å². The second kappa shape index (κ2) is 10.4. The van der Waals surface area contributed by atoms with E-state index in [0.29, 0.717) is 0 Å². The Hall–Kier alpha value is -2.83. The summed E-state index contributed by atoms with van der Waals surface area (Å²) in [5.41, 5.74) is 5.61. The number of nitrogens with one attached hydrogen (secondary N) is 1. The smallest absolute Gasteiger partial charge is 0.319 e. The Bertz CT molecular complexity index is 1080. The van der Waals surface area contributed by atoms with Crippen molar-refractivity contribution in [2.24, 2.45) is 0 Å². The van der Waals surface area contributed by atoms with Crippen LogP contribution in [0.2, 0.25) is 0 Å². The number of hydrogen-bond donors (Lipinski definition) is 1. The molecule has 0 saturated heterocycles. The highest BCUT2D eigenvalue weighted by atomic mass is 79.9. The lowest BCUT2D eigenvalue weighted by Gasteiger charge is -2.44. The Kier molecular flexibility index (Phi) is 7.36. The first-order valence-corrected chi connectivity index (χ1v) is 12.1. The molecule has 0 spiro atoms. The molecule has 0 unspecified atom stereocenters. The van der Waals surface area contributed by atoms with Crippen molar-refractivity contribution < 1.29 is 9.53 Å². The van der Waals surface area contributed by atoms with Gasteiger partial charge in [-0.2, -0.15) is 0 Å². The van der Waals surface area contributed by atoms with Crippen LogP contribution in [0.25, 0.3) is 0 Å². The highest BCUT2D eigenvalue weighted by molar-refractivity contribution is 9.10. The lowest BCUT2D eigenvalue weighted by atomic mass is 9.91. The van der Waals surface area contributed by atoms with Crippen molar-refractivity contribution in [1.29, 1.82) is 0 Å². The number of nitrogens with zero attached hydrogens (tertiary/aromatic N) is 2. The highest BCUT2D eigenvalue weighted by Gasteiger charge is 2.37. The van der Waals surface area contributed by atoms with E-state index >= 15 is 0 Å². The van der Waals surface area contributed by atoms with E-state index in [-0.39, 0.29) is 24.7 Å². The lowest BCUT2D eigenvalue weighted by molar-refractivity contribution is -0.143. The molecule has 0 fully saturated rings. The van der Waals surface area contributed by atoms with Gasteiger partial charge in [-0.1, -0.05) is 58.4 Å². The summed E-state index contributed by atoms with van der Waals surface area (Å²) in [5.74, 6) is -0.263. The van der Waals surface area contributed by atoms with E-state index in [1.165, 1.54) is 12.8 Å². The second-order valence-electron chi connectivity index (χ2n) is 8.10. The van der Waals surface area contributed by atoms with Gasteiger partial charge in [0.1, 0.15) is 6.17 Å². The molecule has 3 aromatic carbocycles. The maximum absolute atomic E-state index is 12.5. The molecule has 1 N–H and O–H groups in total. The van der Waals surface area contributed by atoms with Gasteiger partial charge in [0.05, 0.1) is 19.7 Å². The van der Waals surface area contributed by atoms with Crippen molar-refractivity contribution in [2.45, 2.75) is 26.1 Å². The molecule has 0 aromatic heterocycles. The van der Waals surface area contributed by atoms with Gasteiger partial charge in [0.15, 0.2) is 0 Å². The Labute approximate surface area is 204 Å². The fraction of sp³-hybridized carbons (Fsp3) is 0.296. The van der Waals surface area contributed by atoms with E-state index in [1.54, 1.807) is 0 Å². The Morgan fingerprint density at radius 3 is 2.33 bits per heavy atom. The normalized spacial score (nSPS) is 17.7. The first kappa shape index (κ1) is 23.3. The van der Waals surface area contributed by atoms with Crippen LogP contribution in [0.5, 0.6) is 0 Å². The molecule has 6 heteroatoms. The van der Waals surface area contributed by atoms with Crippen LogP contribution in [0.3, 0.4) is 0 Å². The van der Waals surface area contributed by atoms with Crippen LogP contribution in [-0.2, 0) is 9.53 Å². The zero-order valence-electron chi connectivity index (χ0n) is 19.3. The summed E-state index contributed by atoms with van der Waals surface area (Å²) in [5, 5.41) is 3.68. The van der Waals surface area contributed by atoms with Gasteiger partial charge in [-0.15, -0.1) is 0 Å². The standard InChI is InChI=1S/C27H30BrN3O2/c1-4-30(5-2)22-14-11-20(12-15-22)27-29-24-16-13-21(28)17-23(24)26(19-9-7-6-8-10-19)31(27)18-25(32)33-3/h6-17,26-27,29H,4-5,18H2,1-3H3/t26-,27+/m0/s1. The SMILES string of the molecule is CCN(CC)c1ccc([C@@H]2Nc3ccc(Br)cc3[C@H](c3ccccc3)N2CC(=O)OC)cc1. The Balaban J connectivity index is 1.82. The quantitative estimate of drug-likeness (QED) is 0.398. The number of hydrogen-bond acceptors (Lipinski definition) is 5. The van der Waals surface area contributed by atoms with Gasteiger partial charge >= 0.3 is 5.97 Å². The number of methoxy groups -OCH3 is 1. The summed E-state index contributed by atoms with van der Waals surface area (Å²) in [7, 11) is 1.44. The first-order chi connectivity index (χ1) is 16.0. The average molecular weight is 508 g/mol. The zero-order valence-corrected chi connectivity index (χ0v) is 20.9. The molecule has 0 saturated carbocycles.